The molecule has 0 fully saturated rings. The topological polar surface area (TPSA) is 46.9 Å². The van der Waals surface area contributed by atoms with E-state index < -0.39 is 12.2 Å². The number of hydrogen-bond donors (Lipinski definition) is 2. The van der Waals surface area contributed by atoms with Crippen LogP contribution in [0, 0.1) is 0 Å². The molecule has 0 saturated heterocycles. The van der Waals surface area contributed by atoms with E-state index in [4.69, 9.17) is 0 Å². The van der Waals surface area contributed by atoms with Crippen molar-refractivity contribution >= 4 is 34.0 Å². The van der Waals surface area contributed by atoms with Crippen LogP contribution in [0.1, 0.15) is 42.8 Å². The Balaban J connectivity index is 1.29. The van der Waals surface area contributed by atoms with Gasteiger partial charge >= 0.3 is 0 Å². The van der Waals surface area contributed by atoms with E-state index in [1.165, 1.54) is 21.1 Å². The molecule has 2 bridgehead atoms. The summed E-state index contributed by atoms with van der Waals surface area (Å²) in [5.41, 5.74) is 4.32. The van der Waals surface area contributed by atoms with Crippen molar-refractivity contribution in [2.75, 3.05) is 16.5 Å². The summed E-state index contributed by atoms with van der Waals surface area (Å²) in [5.74, 6) is 0. The molecule has 2 aromatic heterocycles. The van der Waals surface area contributed by atoms with Gasteiger partial charge < -0.3 is 20.0 Å². The van der Waals surface area contributed by atoms with E-state index in [9.17, 15) is 10.2 Å². The van der Waals surface area contributed by atoms with Crippen LogP contribution in [0.5, 0.6) is 0 Å². The second-order valence-corrected chi connectivity index (χ2v) is 10.4. The minimum Gasteiger partial charge on any atom is -0.383 e. The number of rotatable bonds is 4. The molecule has 0 saturated carbocycles. The van der Waals surface area contributed by atoms with Crippen molar-refractivity contribution in [3.05, 3.63) is 103 Å². The lowest BCUT2D eigenvalue weighted by atomic mass is 10.1. The van der Waals surface area contributed by atoms with E-state index in [1.807, 2.05) is 60.7 Å². The summed E-state index contributed by atoms with van der Waals surface area (Å²) >= 11 is 3.40. The van der Waals surface area contributed by atoms with Gasteiger partial charge in [0.15, 0.2) is 0 Å². The van der Waals surface area contributed by atoms with Crippen LogP contribution < -0.4 is 9.80 Å². The minimum atomic E-state index is -0.588. The lowest BCUT2D eigenvalue weighted by Crippen LogP contribution is -2.44. The van der Waals surface area contributed by atoms with E-state index >= 15 is 0 Å². The predicted octanol–water partition coefficient (Wildman–Crippen LogP) is 5.27. The maximum atomic E-state index is 10.9. The molecule has 156 valence electrons. The predicted molar refractivity (Wildman–Crippen MR) is 127 cm³/mol. The van der Waals surface area contributed by atoms with E-state index in [-0.39, 0.29) is 0 Å². The van der Waals surface area contributed by atoms with E-state index in [1.54, 1.807) is 22.7 Å². The van der Waals surface area contributed by atoms with E-state index in [0.717, 1.165) is 40.6 Å². The Morgan fingerprint density at radius 3 is 1.48 bits per heavy atom. The maximum absolute atomic E-state index is 10.9. The summed E-state index contributed by atoms with van der Waals surface area (Å²) in [6.07, 6.45) is -1.18. The molecule has 4 nitrogen and oxygen atoms in total. The summed E-state index contributed by atoms with van der Waals surface area (Å²) < 4.78 is 0. The SMILES string of the molecule is O[C@H](c1ccccc1)c1cc2c(s1)CN1CN2Cc2sc([C@@H](O)c3ccccc3)cc21. The zero-order chi connectivity index (χ0) is 20.9. The van der Waals surface area contributed by atoms with Gasteiger partial charge in [0.2, 0.25) is 0 Å². The van der Waals surface area contributed by atoms with Crippen molar-refractivity contribution in [2.24, 2.45) is 0 Å². The second-order valence-electron chi connectivity index (χ2n) is 8.08. The van der Waals surface area contributed by atoms with Gasteiger partial charge in [-0.1, -0.05) is 60.7 Å². The Hall–Kier alpha value is -2.64. The number of hydrogen-bond acceptors (Lipinski definition) is 6. The minimum absolute atomic E-state index is 0.588. The summed E-state index contributed by atoms with van der Waals surface area (Å²) in [7, 11) is 0. The van der Waals surface area contributed by atoms with Gasteiger partial charge in [0.05, 0.1) is 31.1 Å². The molecule has 6 rings (SSSR count). The Morgan fingerprint density at radius 1 is 0.645 bits per heavy atom. The summed E-state index contributed by atoms with van der Waals surface area (Å²) in [6, 6.07) is 24.0. The van der Waals surface area contributed by atoms with Gasteiger partial charge in [-0.3, -0.25) is 0 Å². The van der Waals surface area contributed by atoms with Crippen LogP contribution in [0.15, 0.2) is 72.8 Å². The zero-order valence-corrected chi connectivity index (χ0v) is 18.4. The number of thiophene rings is 2. The molecule has 2 atom stereocenters. The van der Waals surface area contributed by atoms with Gasteiger partial charge in [-0.25, -0.2) is 0 Å². The largest absolute Gasteiger partial charge is 0.383 e. The molecule has 0 radical (unpaired) electrons. The summed E-state index contributed by atoms with van der Waals surface area (Å²) in [5, 5.41) is 21.7. The molecule has 0 amide bonds. The molecule has 2 N–H and O–H groups in total. The third-order valence-electron chi connectivity index (χ3n) is 6.07. The highest BCUT2D eigenvalue weighted by Crippen LogP contribution is 2.47. The Labute approximate surface area is 189 Å². The lowest BCUT2D eigenvalue weighted by molar-refractivity contribution is 0.224. The second kappa shape index (κ2) is 7.50. The Morgan fingerprint density at radius 2 is 1.06 bits per heavy atom. The monoisotopic (exact) mass is 446 g/mol. The highest BCUT2D eigenvalue weighted by Gasteiger charge is 2.34. The summed E-state index contributed by atoms with van der Waals surface area (Å²) in [4.78, 5) is 9.33. The molecule has 0 spiro atoms. The number of fused-ring (bicyclic) bond motifs is 6. The standard InChI is InChI=1S/C25H22N2O2S2/c28-24(16-7-3-1-4-8-16)20-11-18-22(30-20)13-27-15-26(18)14-23-19(27)12-21(31-23)25(29)17-9-5-2-6-10-17/h1-12,24-25,28-29H,13-15H2/t24-,25+. The van der Waals surface area contributed by atoms with Crippen molar-refractivity contribution < 1.29 is 10.2 Å². The Bertz CT molecular complexity index is 1120. The lowest BCUT2D eigenvalue weighted by Gasteiger charge is -2.42. The zero-order valence-electron chi connectivity index (χ0n) is 16.8. The maximum Gasteiger partial charge on any atom is 0.113 e. The summed E-state index contributed by atoms with van der Waals surface area (Å²) in [6.45, 7) is 2.51. The van der Waals surface area contributed by atoms with Gasteiger partial charge in [-0.2, -0.15) is 0 Å². The van der Waals surface area contributed by atoms with Gasteiger partial charge in [0, 0.05) is 19.5 Å². The number of aliphatic hydroxyl groups is 2. The normalized spacial score (nSPS) is 16.6. The first-order chi connectivity index (χ1) is 15.2. The number of nitrogens with zero attached hydrogens (tertiary/aromatic N) is 2. The third kappa shape index (κ3) is 3.27. The highest BCUT2D eigenvalue weighted by atomic mass is 32.1. The van der Waals surface area contributed by atoms with Crippen LogP contribution >= 0.6 is 22.7 Å². The fourth-order valence-electron chi connectivity index (χ4n) is 4.48. The average molecular weight is 447 g/mol. The average Bonchev–Trinajstić information content (AvgIpc) is 3.44. The van der Waals surface area contributed by atoms with Crippen molar-refractivity contribution in [3.63, 3.8) is 0 Å². The molecule has 2 aliphatic rings. The van der Waals surface area contributed by atoms with Gasteiger partial charge in [-0.05, 0) is 23.3 Å². The number of benzene rings is 2. The fourth-order valence-corrected chi connectivity index (χ4v) is 6.92. The van der Waals surface area contributed by atoms with Gasteiger partial charge in [0.1, 0.15) is 12.2 Å². The van der Waals surface area contributed by atoms with Crippen molar-refractivity contribution in [1.29, 1.82) is 0 Å². The van der Waals surface area contributed by atoms with Gasteiger partial charge in [-0.15, -0.1) is 22.7 Å². The molecule has 0 unspecified atom stereocenters. The number of aliphatic hydroxyl groups excluding tert-OH is 2. The molecule has 2 aromatic carbocycles. The van der Waals surface area contributed by atoms with Crippen LogP contribution in [0.4, 0.5) is 11.4 Å². The molecule has 4 aromatic rings. The third-order valence-corrected chi connectivity index (χ3v) is 8.40. The molecule has 4 heterocycles. The van der Waals surface area contributed by atoms with Crippen LogP contribution in [-0.4, -0.2) is 16.9 Å². The smallest absolute Gasteiger partial charge is 0.113 e. The molecule has 2 aliphatic heterocycles. The quantitative estimate of drug-likeness (QED) is 0.448. The number of anilines is 2. The first-order valence-electron chi connectivity index (χ1n) is 10.4. The molecular weight excluding hydrogens is 424 g/mol. The van der Waals surface area contributed by atoms with Crippen molar-refractivity contribution in [2.45, 2.75) is 25.3 Å². The van der Waals surface area contributed by atoms with Crippen LogP contribution in [0.2, 0.25) is 0 Å². The van der Waals surface area contributed by atoms with Crippen molar-refractivity contribution in [3.8, 4) is 0 Å². The van der Waals surface area contributed by atoms with Crippen LogP contribution in [0.25, 0.3) is 0 Å². The van der Waals surface area contributed by atoms with Crippen molar-refractivity contribution in [1.82, 2.24) is 0 Å². The van der Waals surface area contributed by atoms with Gasteiger partial charge in [0.25, 0.3) is 0 Å². The Kier molecular flexibility index (Phi) is 4.61. The van der Waals surface area contributed by atoms with Crippen LogP contribution in [-0.2, 0) is 13.1 Å². The first-order valence-corrected chi connectivity index (χ1v) is 12.0. The highest BCUT2D eigenvalue weighted by molar-refractivity contribution is 7.13. The molecule has 31 heavy (non-hydrogen) atoms. The van der Waals surface area contributed by atoms with E-state index in [2.05, 4.69) is 21.9 Å². The molecule has 0 aliphatic carbocycles. The molecular formula is C25H22N2O2S2. The fraction of sp³-hybridized carbons (Fsp3) is 0.200. The van der Waals surface area contributed by atoms with Crippen LogP contribution in [0.3, 0.4) is 0 Å². The van der Waals surface area contributed by atoms with E-state index in [0.29, 0.717) is 0 Å². The molecule has 6 heteroatoms. The first kappa shape index (κ1) is 19.1.